The lowest BCUT2D eigenvalue weighted by Crippen LogP contribution is -2.51. The zero-order valence-electron chi connectivity index (χ0n) is 26.6. The fourth-order valence-electron chi connectivity index (χ4n) is 10.1. The molecule has 12 atom stereocenters. The summed E-state index contributed by atoms with van der Waals surface area (Å²) >= 11 is 0. The Morgan fingerprint density at radius 3 is 2.49 bits per heavy atom. The highest BCUT2D eigenvalue weighted by atomic mass is 31.2. The third-order valence-corrected chi connectivity index (χ3v) is 13.4. The molecule has 1 heterocycles. The number of rotatable bonds is 11. The molecule has 0 radical (unpaired) electrons. The Morgan fingerprint density at radius 1 is 1.05 bits per heavy atom. The van der Waals surface area contributed by atoms with Crippen LogP contribution in [0.5, 0.6) is 0 Å². The minimum Gasteiger partial charge on any atom is -0.449 e. The van der Waals surface area contributed by atoms with E-state index in [0.717, 1.165) is 36.5 Å². The lowest BCUT2D eigenvalue weighted by Gasteiger charge is -2.58. The second-order valence-electron chi connectivity index (χ2n) is 15.2. The fraction of sp³-hybridized carbons (Fsp3) is 0.879. The molecule has 43 heavy (non-hydrogen) atoms. The van der Waals surface area contributed by atoms with Crippen molar-refractivity contribution in [2.24, 2.45) is 46.3 Å². The van der Waals surface area contributed by atoms with Gasteiger partial charge in [-0.2, -0.15) is 0 Å². The van der Waals surface area contributed by atoms with E-state index in [0.29, 0.717) is 30.1 Å². The monoisotopic (exact) mass is 624 g/mol. The van der Waals surface area contributed by atoms with Gasteiger partial charge in [0.25, 0.3) is 0 Å². The number of ketones is 1. The summed E-state index contributed by atoms with van der Waals surface area (Å²) in [4.78, 5) is 35.1. The minimum atomic E-state index is -4.80. The number of carbonyl (C=O) groups is 2. The number of hydrogen-bond acceptors (Lipinski definition) is 8. The molecule has 10 heteroatoms. The van der Waals surface area contributed by atoms with Crippen molar-refractivity contribution in [2.45, 2.75) is 130 Å². The Kier molecular flexibility index (Phi) is 9.75. The maximum atomic E-state index is 12.9. The molecule has 0 amide bonds. The number of phosphoric ester groups is 1. The number of aliphatic hydroxyl groups excluding tert-OH is 2. The molecule has 3 saturated carbocycles. The van der Waals surface area contributed by atoms with Crippen molar-refractivity contribution in [3.8, 4) is 0 Å². The predicted octanol–water partition coefficient (Wildman–Crippen LogP) is 5.75. The second kappa shape index (κ2) is 12.6. The number of hydrogen-bond donors (Lipinski definition) is 3. The first-order chi connectivity index (χ1) is 20.2. The largest absolute Gasteiger partial charge is 0.473 e. The average molecular weight is 625 g/mol. The normalized spacial score (nSPS) is 42.0. The number of fused-ring (bicyclic) bond motifs is 5. The van der Waals surface area contributed by atoms with E-state index in [9.17, 15) is 24.2 Å². The van der Waals surface area contributed by atoms with Crippen LogP contribution in [0.2, 0.25) is 0 Å². The summed E-state index contributed by atoms with van der Waals surface area (Å²) in [5.41, 5.74) is 1.73. The van der Waals surface area contributed by atoms with Gasteiger partial charge >= 0.3 is 13.8 Å². The number of carbonyl (C=O) groups excluding carboxylic acids is 2. The summed E-state index contributed by atoms with van der Waals surface area (Å²) in [5.74, 6) is 2.17. The van der Waals surface area contributed by atoms with Crippen LogP contribution in [-0.4, -0.2) is 57.9 Å². The van der Waals surface area contributed by atoms with Crippen LogP contribution in [0.3, 0.4) is 0 Å². The van der Waals surface area contributed by atoms with E-state index in [2.05, 4.69) is 40.7 Å². The van der Waals surface area contributed by atoms with Gasteiger partial charge in [0.15, 0.2) is 6.10 Å². The molecule has 0 bridgehead atoms. The number of ether oxygens (including phenoxy) is 1. The van der Waals surface area contributed by atoms with Gasteiger partial charge in [0.1, 0.15) is 6.10 Å². The third-order valence-electron chi connectivity index (χ3n) is 12.3. The number of Topliss-reactive ketones (excluding diaryl/α,β-unsaturated/α-hetero) is 1. The fourth-order valence-corrected chi connectivity index (χ4v) is 11.1. The van der Waals surface area contributed by atoms with E-state index < -0.39 is 50.6 Å². The predicted molar refractivity (Wildman–Crippen MR) is 161 cm³/mol. The number of esters is 1. The first-order valence-corrected chi connectivity index (χ1v) is 18.1. The van der Waals surface area contributed by atoms with E-state index in [-0.39, 0.29) is 5.41 Å². The molecule has 4 fully saturated rings. The van der Waals surface area contributed by atoms with Crippen LogP contribution >= 0.6 is 7.82 Å². The molecule has 0 aromatic carbocycles. The maximum absolute atomic E-state index is 12.9. The molecule has 0 aromatic rings. The van der Waals surface area contributed by atoms with E-state index in [4.69, 9.17) is 18.9 Å². The van der Waals surface area contributed by atoms with Crippen molar-refractivity contribution in [3.63, 3.8) is 0 Å². The summed E-state index contributed by atoms with van der Waals surface area (Å²) in [7, 11) is -4.80. The van der Waals surface area contributed by atoms with Crippen molar-refractivity contribution >= 4 is 19.6 Å². The summed E-state index contributed by atoms with van der Waals surface area (Å²) in [6.07, 6.45) is 8.69. The molecule has 0 spiro atoms. The summed E-state index contributed by atoms with van der Waals surface area (Å²) < 4.78 is 28.2. The Bertz CT molecular complexity index is 1140. The SMILES string of the molecule is CC(C)CCCC(C)[C@H]1CCC2C3CC=C4C[C@@H](OP(=O)(O)OC5C(=O)O[C@H](C(O)CO)C5=O)CC[C@]4(C)C3CC[C@@]21C. The van der Waals surface area contributed by atoms with Gasteiger partial charge in [-0.1, -0.05) is 65.5 Å². The van der Waals surface area contributed by atoms with Gasteiger partial charge in [-0.25, -0.2) is 9.36 Å². The molecule has 3 N–H and O–H groups in total. The molecule has 1 saturated heterocycles. The molecule has 5 rings (SSSR count). The zero-order chi connectivity index (χ0) is 31.3. The van der Waals surface area contributed by atoms with E-state index in [1.807, 2.05) is 0 Å². The van der Waals surface area contributed by atoms with Crippen LogP contribution in [-0.2, 0) is 27.9 Å². The third kappa shape index (κ3) is 6.33. The summed E-state index contributed by atoms with van der Waals surface area (Å²) in [6, 6.07) is 0. The van der Waals surface area contributed by atoms with Crippen LogP contribution < -0.4 is 0 Å². The highest BCUT2D eigenvalue weighted by molar-refractivity contribution is 7.47. The quantitative estimate of drug-likeness (QED) is 0.114. The number of allylic oxidation sites excluding steroid dienone is 1. The second-order valence-corrected chi connectivity index (χ2v) is 16.6. The Hall–Kier alpha value is -1.09. The standard InChI is InChI=1S/C33H53O9P/c1-19(2)7-6-8-20(3)24-11-12-25-23-10-9-21-17-22(13-15-32(21,4)26(23)14-16-33(24,25)5)41-43(38,39)42-30-28(36)29(27(35)18-34)40-31(30)37/h9,19-20,22-27,29-30,34-35H,6-8,10-18H2,1-5H3,(H,38,39)/t20?,22-,23?,24+,25?,26?,27?,29+,30?,32-,33+/m0/s1. The molecule has 0 aromatic heterocycles. The van der Waals surface area contributed by atoms with Gasteiger partial charge in [0.05, 0.1) is 12.7 Å². The smallest absolute Gasteiger partial charge is 0.449 e. The van der Waals surface area contributed by atoms with Crippen LogP contribution in [0.1, 0.15) is 105 Å². The first-order valence-electron chi connectivity index (χ1n) is 16.6. The van der Waals surface area contributed by atoms with E-state index >= 15 is 0 Å². The van der Waals surface area contributed by atoms with Gasteiger partial charge < -0.3 is 19.8 Å². The molecular formula is C33H53O9P. The summed E-state index contributed by atoms with van der Waals surface area (Å²) in [5, 5.41) is 18.8. The van der Waals surface area contributed by atoms with E-state index in [1.165, 1.54) is 50.5 Å². The lowest BCUT2D eigenvalue weighted by molar-refractivity contribution is -0.151. The van der Waals surface area contributed by atoms with Crippen molar-refractivity contribution in [3.05, 3.63) is 11.6 Å². The lowest BCUT2D eigenvalue weighted by atomic mass is 9.47. The Labute approximate surface area is 256 Å². The number of cyclic esters (lactones) is 1. The molecule has 7 unspecified atom stereocenters. The average Bonchev–Trinajstić information content (AvgIpc) is 3.43. The molecule has 1 aliphatic heterocycles. The number of phosphoric acid groups is 1. The van der Waals surface area contributed by atoms with Crippen LogP contribution in [0, 0.1) is 46.3 Å². The van der Waals surface area contributed by atoms with Gasteiger partial charge in [-0.05, 0) is 97.7 Å². The minimum absolute atomic E-state index is 0.0320. The van der Waals surface area contributed by atoms with Crippen molar-refractivity contribution in [2.75, 3.05) is 6.61 Å². The van der Waals surface area contributed by atoms with Crippen molar-refractivity contribution in [1.29, 1.82) is 0 Å². The Balaban J connectivity index is 1.22. The van der Waals surface area contributed by atoms with Gasteiger partial charge in [0.2, 0.25) is 11.9 Å². The van der Waals surface area contributed by atoms with Gasteiger partial charge in [0, 0.05) is 0 Å². The highest BCUT2D eigenvalue weighted by Gasteiger charge is 2.59. The molecule has 9 nitrogen and oxygen atoms in total. The zero-order valence-corrected chi connectivity index (χ0v) is 27.5. The van der Waals surface area contributed by atoms with E-state index in [1.54, 1.807) is 0 Å². The molecular weight excluding hydrogens is 571 g/mol. The van der Waals surface area contributed by atoms with Crippen molar-refractivity contribution < 1.29 is 43.0 Å². The highest BCUT2D eigenvalue weighted by Crippen LogP contribution is 2.67. The van der Waals surface area contributed by atoms with Crippen LogP contribution in [0.4, 0.5) is 0 Å². The number of aliphatic hydroxyl groups is 2. The molecule has 5 aliphatic rings. The van der Waals surface area contributed by atoms with Gasteiger partial charge in [-0.3, -0.25) is 13.8 Å². The summed E-state index contributed by atoms with van der Waals surface area (Å²) in [6.45, 7) is 11.3. The maximum Gasteiger partial charge on any atom is 0.473 e. The molecule has 4 aliphatic carbocycles. The molecule has 244 valence electrons. The van der Waals surface area contributed by atoms with Gasteiger partial charge in [-0.15, -0.1) is 0 Å². The Morgan fingerprint density at radius 2 is 1.79 bits per heavy atom. The van der Waals surface area contributed by atoms with Crippen LogP contribution in [0.25, 0.3) is 0 Å². The van der Waals surface area contributed by atoms with Crippen molar-refractivity contribution in [1.82, 2.24) is 0 Å². The first kappa shape index (κ1) is 33.3. The van der Waals surface area contributed by atoms with Crippen LogP contribution in [0.15, 0.2) is 11.6 Å². The topological polar surface area (TPSA) is 140 Å².